The monoisotopic (exact) mass is 432 g/mol. The maximum Gasteiger partial charge on any atom is 0.322 e. The van der Waals surface area contributed by atoms with Gasteiger partial charge >= 0.3 is 5.91 Å². The average Bonchev–Trinajstić information content (AvgIpc) is 3.29. The molecule has 0 bridgehead atoms. The number of hydrogen-bond acceptors (Lipinski definition) is 6. The standard InChI is InChI=1S/C20H22F2N6O3/c1-3-11(2)28-9-12(20(30)26-31)19(29)13-16(23)14(21)17(15(22)18(13)28)25-5-4-7-27-8-6-24-10-27/h6,8-11,25H,3-5,7,23H2,1-2H3. The number of nitrogens with two attached hydrogens (primary N) is 1. The number of anilines is 2. The maximum absolute atomic E-state index is 15.5. The van der Waals surface area contributed by atoms with E-state index in [-0.39, 0.29) is 18.1 Å². The molecular formula is C20H22F2N6O3. The molecule has 0 aliphatic rings. The number of aryl methyl sites for hydroxylation is 1. The Balaban J connectivity index is 2.12. The molecule has 1 atom stereocenters. The van der Waals surface area contributed by atoms with Crippen molar-refractivity contribution in [2.45, 2.75) is 39.3 Å². The van der Waals surface area contributed by atoms with Crippen molar-refractivity contribution in [2.75, 3.05) is 17.6 Å². The second-order valence-corrected chi connectivity index (χ2v) is 7.15. The highest BCUT2D eigenvalue weighted by atomic mass is 19.1. The Morgan fingerprint density at radius 1 is 1.35 bits per heavy atom. The van der Waals surface area contributed by atoms with E-state index in [2.05, 4.69) is 15.5 Å². The lowest BCUT2D eigenvalue weighted by Gasteiger charge is -2.21. The fourth-order valence-electron chi connectivity index (χ4n) is 3.36. The molecule has 31 heavy (non-hydrogen) atoms. The first kappa shape index (κ1) is 22.1. The summed E-state index contributed by atoms with van der Waals surface area (Å²) >= 11 is 0. The van der Waals surface area contributed by atoms with Crippen LogP contribution < -0.4 is 16.5 Å². The molecule has 9 nitrogen and oxygen atoms in total. The molecule has 2 aromatic heterocycles. The molecule has 0 aliphatic carbocycles. The number of halogens is 2. The number of rotatable bonds is 8. The van der Waals surface area contributed by atoms with Gasteiger partial charge in [-0.1, -0.05) is 6.92 Å². The predicted octanol–water partition coefficient (Wildman–Crippen LogP) is 3.44. The summed E-state index contributed by atoms with van der Waals surface area (Å²) < 4.78 is 33.5. The molecule has 164 valence electrons. The first-order valence-electron chi connectivity index (χ1n) is 9.74. The second kappa shape index (κ2) is 9.02. The van der Waals surface area contributed by atoms with Crippen molar-refractivity contribution in [1.29, 1.82) is 0 Å². The van der Waals surface area contributed by atoms with Crippen molar-refractivity contribution < 1.29 is 13.6 Å². The Morgan fingerprint density at radius 3 is 2.71 bits per heavy atom. The first-order chi connectivity index (χ1) is 14.8. The van der Waals surface area contributed by atoms with Crippen molar-refractivity contribution in [3.05, 3.63) is 57.2 Å². The highest BCUT2D eigenvalue weighted by Crippen LogP contribution is 2.34. The van der Waals surface area contributed by atoms with Crippen LogP contribution in [-0.4, -0.2) is 26.6 Å². The Kier molecular flexibility index (Phi) is 6.42. The van der Waals surface area contributed by atoms with Gasteiger partial charge in [-0.05, 0) is 19.8 Å². The molecule has 0 saturated heterocycles. The van der Waals surface area contributed by atoms with Crippen molar-refractivity contribution in [3.8, 4) is 0 Å². The predicted molar refractivity (Wildman–Crippen MR) is 113 cm³/mol. The minimum atomic E-state index is -1.33. The number of carbonyl (C=O) groups is 1. The van der Waals surface area contributed by atoms with Gasteiger partial charge in [-0.2, -0.15) is 0 Å². The van der Waals surface area contributed by atoms with E-state index in [0.717, 1.165) is 6.20 Å². The number of pyridine rings is 1. The number of carbonyl (C=O) groups excluding carboxylic acids is 1. The van der Waals surface area contributed by atoms with E-state index in [1.165, 1.54) is 4.57 Å². The summed E-state index contributed by atoms with van der Waals surface area (Å²) in [5.41, 5.74) is 2.94. The number of nitrogen functional groups attached to an aromatic ring is 1. The van der Waals surface area contributed by atoms with Gasteiger partial charge in [0, 0.05) is 42.9 Å². The SMILES string of the molecule is CCC(C)n1cc(C(=O)N=O)c(=O)c2c(N)c(F)c(NCCCn3ccnc3)c(F)c21. The minimum Gasteiger partial charge on any atom is -0.396 e. The number of fused-ring (bicyclic) bond motifs is 1. The number of nitrogens with zero attached hydrogens (tertiary/aromatic N) is 4. The second-order valence-electron chi connectivity index (χ2n) is 7.15. The van der Waals surface area contributed by atoms with Gasteiger partial charge in [-0.25, -0.2) is 13.8 Å². The van der Waals surface area contributed by atoms with Crippen LogP contribution in [0.15, 0.2) is 34.9 Å². The van der Waals surface area contributed by atoms with Gasteiger partial charge in [0.1, 0.15) is 11.3 Å². The molecule has 0 saturated carbocycles. The third-order valence-electron chi connectivity index (χ3n) is 5.22. The summed E-state index contributed by atoms with van der Waals surface area (Å²) in [6, 6.07) is -0.380. The van der Waals surface area contributed by atoms with Gasteiger partial charge in [0.2, 0.25) is 5.43 Å². The lowest BCUT2D eigenvalue weighted by molar-refractivity contribution is 0.0999. The number of imidazole rings is 1. The molecule has 0 fully saturated rings. The van der Waals surface area contributed by atoms with Crippen LogP contribution in [0, 0.1) is 16.5 Å². The zero-order valence-electron chi connectivity index (χ0n) is 17.1. The normalized spacial score (nSPS) is 12.1. The van der Waals surface area contributed by atoms with E-state index in [4.69, 9.17) is 5.73 Å². The molecule has 1 amide bonds. The van der Waals surface area contributed by atoms with E-state index in [1.54, 1.807) is 25.6 Å². The third kappa shape index (κ3) is 4.03. The van der Waals surface area contributed by atoms with Gasteiger partial charge in [0.25, 0.3) is 0 Å². The highest BCUT2D eigenvalue weighted by Gasteiger charge is 2.27. The van der Waals surface area contributed by atoms with Gasteiger partial charge in [-0.3, -0.25) is 9.59 Å². The summed E-state index contributed by atoms with van der Waals surface area (Å²) in [5, 5.41) is 4.49. The summed E-state index contributed by atoms with van der Waals surface area (Å²) in [7, 11) is 0. The molecule has 0 radical (unpaired) electrons. The lowest BCUT2D eigenvalue weighted by atomic mass is 10.0. The van der Waals surface area contributed by atoms with Crippen LogP contribution in [0.25, 0.3) is 10.9 Å². The smallest absolute Gasteiger partial charge is 0.322 e. The maximum atomic E-state index is 15.5. The molecule has 0 spiro atoms. The summed E-state index contributed by atoms with van der Waals surface area (Å²) in [6.45, 7) is 4.36. The topological polar surface area (TPSA) is 124 Å². The van der Waals surface area contributed by atoms with Crippen molar-refractivity contribution in [2.24, 2.45) is 5.18 Å². The van der Waals surface area contributed by atoms with Crippen molar-refractivity contribution in [3.63, 3.8) is 0 Å². The summed E-state index contributed by atoms with van der Waals surface area (Å²) in [5.74, 6) is -3.46. The highest BCUT2D eigenvalue weighted by molar-refractivity contribution is 6.02. The average molecular weight is 432 g/mol. The molecule has 3 aromatic rings. The Labute approximate surface area is 175 Å². The van der Waals surface area contributed by atoms with Crippen LogP contribution >= 0.6 is 0 Å². The number of aromatic nitrogens is 3. The fraction of sp³-hybridized carbons (Fsp3) is 0.350. The molecule has 11 heteroatoms. The van der Waals surface area contributed by atoms with Crippen LogP contribution in [0.3, 0.4) is 0 Å². The third-order valence-corrected chi connectivity index (χ3v) is 5.22. The van der Waals surface area contributed by atoms with Crippen LogP contribution in [0.2, 0.25) is 0 Å². The van der Waals surface area contributed by atoms with Crippen molar-refractivity contribution >= 4 is 28.2 Å². The minimum absolute atomic E-state index is 0.232. The van der Waals surface area contributed by atoms with Gasteiger partial charge in [0.05, 0.1) is 22.9 Å². The largest absolute Gasteiger partial charge is 0.396 e. The number of hydrogen-bond donors (Lipinski definition) is 2. The Morgan fingerprint density at radius 2 is 2.10 bits per heavy atom. The van der Waals surface area contributed by atoms with Crippen LogP contribution in [0.4, 0.5) is 20.2 Å². The number of amides is 1. The number of nitrogens with one attached hydrogen (secondary N) is 1. The van der Waals surface area contributed by atoms with E-state index < -0.39 is 45.3 Å². The van der Waals surface area contributed by atoms with E-state index in [9.17, 15) is 18.9 Å². The van der Waals surface area contributed by atoms with Gasteiger partial charge < -0.3 is 20.2 Å². The fourth-order valence-corrected chi connectivity index (χ4v) is 3.36. The lowest BCUT2D eigenvalue weighted by Crippen LogP contribution is -2.23. The number of benzene rings is 1. The Bertz CT molecular complexity index is 1190. The van der Waals surface area contributed by atoms with Crippen molar-refractivity contribution in [1.82, 2.24) is 14.1 Å². The molecule has 3 N–H and O–H groups in total. The van der Waals surface area contributed by atoms with E-state index >= 15 is 4.39 Å². The molecule has 2 heterocycles. The first-order valence-corrected chi connectivity index (χ1v) is 9.74. The molecule has 3 rings (SSSR count). The zero-order valence-corrected chi connectivity index (χ0v) is 17.1. The molecule has 1 unspecified atom stereocenters. The van der Waals surface area contributed by atoms with Crippen LogP contribution in [0.1, 0.15) is 43.1 Å². The molecule has 1 aromatic carbocycles. The molecular weight excluding hydrogens is 410 g/mol. The van der Waals surface area contributed by atoms with E-state index in [0.29, 0.717) is 19.4 Å². The van der Waals surface area contributed by atoms with E-state index in [1.807, 2.05) is 11.5 Å². The molecule has 0 aliphatic heterocycles. The van der Waals surface area contributed by atoms with Crippen LogP contribution in [-0.2, 0) is 6.54 Å². The Hall–Kier alpha value is -3.63. The van der Waals surface area contributed by atoms with Gasteiger partial charge in [0.15, 0.2) is 11.6 Å². The zero-order chi connectivity index (χ0) is 22.7. The number of nitroso groups, excluding NO2 is 1. The summed E-state index contributed by atoms with van der Waals surface area (Å²) in [4.78, 5) is 39.2. The quantitative estimate of drug-likeness (QED) is 0.319. The summed E-state index contributed by atoms with van der Waals surface area (Å²) in [6.07, 6.45) is 7.16. The van der Waals surface area contributed by atoms with Gasteiger partial charge in [-0.15, -0.1) is 4.91 Å². The van der Waals surface area contributed by atoms with Crippen LogP contribution in [0.5, 0.6) is 0 Å².